The number of nitrogens with one attached hydrogen (secondary N) is 1. The predicted octanol–water partition coefficient (Wildman–Crippen LogP) is 0.766. The summed E-state index contributed by atoms with van der Waals surface area (Å²) in [5.74, 6) is -1.18. The molecule has 0 saturated carbocycles. The van der Waals surface area contributed by atoms with Crippen LogP contribution in [-0.4, -0.2) is 33.6 Å². The van der Waals surface area contributed by atoms with Gasteiger partial charge >= 0.3 is 12.1 Å². The van der Waals surface area contributed by atoms with Gasteiger partial charge in [0.15, 0.2) is 6.04 Å². The van der Waals surface area contributed by atoms with Gasteiger partial charge in [-0.05, 0) is 6.92 Å². The molecule has 1 rings (SSSR count). The van der Waals surface area contributed by atoms with E-state index in [2.05, 4.69) is 21.7 Å². The van der Waals surface area contributed by atoms with E-state index in [1.165, 1.54) is 10.8 Å². The Morgan fingerprint density at radius 3 is 2.83 bits per heavy atom. The van der Waals surface area contributed by atoms with Crippen molar-refractivity contribution in [1.29, 1.82) is 0 Å². The molecule has 0 aliphatic carbocycles. The van der Waals surface area contributed by atoms with Crippen molar-refractivity contribution in [1.82, 2.24) is 15.1 Å². The van der Waals surface area contributed by atoms with Crippen molar-refractivity contribution in [2.45, 2.75) is 13.0 Å². The Morgan fingerprint density at radius 2 is 2.39 bits per heavy atom. The lowest BCUT2D eigenvalue weighted by Gasteiger charge is -2.13. The smallest absolute Gasteiger partial charge is 0.408 e. The predicted molar refractivity (Wildman–Crippen MR) is 63.0 cm³/mol. The minimum Gasteiger partial charge on any atom is -0.479 e. The molecule has 1 aromatic heterocycles. The third-order valence-corrected chi connectivity index (χ3v) is 2.20. The average Bonchev–Trinajstić information content (AvgIpc) is 2.62. The van der Waals surface area contributed by atoms with Crippen LogP contribution in [0.15, 0.2) is 18.9 Å². The van der Waals surface area contributed by atoms with Crippen LogP contribution in [0.5, 0.6) is 0 Å². The fourth-order valence-corrected chi connectivity index (χ4v) is 1.47. The minimum atomic E-state index is -1.18. The molecule has 0 fully saturated rings. The second-order valence-electron chi connectivity index (χ2n) is 3.65. The number of amides is 1. The molecule has 98 valence electrons. The number of aromatic nitrogens is 2. The molecule has 2 N–H and O–H groups in total. The molecule has 1 atom stereocenters. The number of carboxylic acids is 1. The number of carbonyl (C=O) groups is 2. The number of hydrogen-bond acceptors (Lipinski definition) is 4. The molecule has 18 heavy (non-hydrogen) atoms. The van der Waals surface area contributed by atoms with Gasteiger partial charge in [-0.15, -0.1) is 0 Å². The quantitative estimate of drug-likeness (QED) is 0.756. The van der Waals surface area contributed by atoms with Crippen molar-refractivity contribution in [3.63, 3.8) is 0 Å². The number of aliphatic carboxylic acids is 1. The van der Waals surface area contributed by atoms with Crippen molar-refractivity contribution in [2.24, 2.45) is 7.05 Å². The van der Waals surface area contributed by atoms with E-state index < -0.39 is 18.1 Å². The SMILES string of the molecule is C=CCOC(=O)NC(C(=O)O)c1cn(C)nc1C. The van der Waals surface area contributed by atoms with Crippen molar-refractivity contribution in [2.75, 3.05) is 6.61 Å². The van der Waals surface area contributed by atoms with Crippen molar-refractivity contribution in [3.05, 3.63) is 30.1 Å². The third-order valence-electron chi connectivity index (χ3n) is 2.20. The molecule has 0 aliphatic rings. The van der Waals surface area contributed by atoms with Crippen molar-refractivity contribution >= 4 is 12.1 Å². The van der Waals surface area contributed by atoms with Gasteiger partial charge < -0.3 is 15.2 Å². The van der Waals surface area contributed by atoms with Gasteiger partial charge in [-0.3, -0.25) is 4.68 Å². The highest BCUT2D eigenvalue weighted by atomic mass is 16.5. The number of ether oxygens (including phenoxy) is 1. The van der Waals surface area contributed by atoms with Crippen LogP contribution in [0, 0.1) is 6.92 Å². The first-order valence-corrected chi connectivity index (χ1v) is 5.22. The normalized spacial score (nSPS) is 11.7. The highest BCUT2D eigenvalue weighted by molar-refractivity contribution is 5.81. The van der Waals surface area contributed by atoms with Crippen LogP contribution in [0.1, 0.15) is 17.3 Å². The fraction of sp³-hybridized carbons (Fsp3) is 0.364. The summed E-state index contributed by atoms with van der Waals surface area (Å²) in [6.45, 7) is 5.07. The van der Waals surface area contributed by atoms with Crippen LogP contribution >= 0.6 is 0 Å². The first-order chi connectivity index (χ1) is 8.45. The molecule has 0 saturated heterocycles. The van der Waals surface area contributed by atoms with Gasteiger partial charge in [0.2, 0.25) is 0 Å². The first kappa shape index (κ1) is 13.8. The Balaban J connectivity index is 2.84. The first-order valence-electron chi connectivity index (χ1n) is 5.22. The number of rotatable bonds is 5. The van der Waals surface area contributed by atoms with Crippen molar-refractivity contribution in [3.8, 4) is 0 Å². The van der Waals surface area contributed by atoms with Gasteiger partial charge in [0.25, 0.3) is 0 Å². The standard InChI is InChI=1S/C11H15N3O4/c1-4-5-18-11(17)12-9(10(15)16)8-6-14(3)13-7(8)2/h4,6,9H,1,5H2,2-3H3,(H,12,17)(H,15,16). The summed E-state index contributed by atoms with van der Waals surface area (Å²) in [5.41, 5.74) is 0.953. The molecular weight excluding hydrogens is 238 g/mol. The van der Waals surface area contributed by atoms with Crippen LogP contribution in [-0.2, 0) is 16.6 Å². The number of aryl methyl sites for hydroxylation is 2. The molecule has 0 radical (unpaired) electrons. The Morgan fingerprint density at radius 1 is 1.72 bits per heavy atom. The number of hydrogen-bond donors (Lipinski definition) is 2. The second-order valence-corrected chi connectivity index (χ2v) is 3.65. The molecule has 1 aromatic rings. The van der Waals surface area contributed by atoms with Gasteiger partial charge in [0, 0.05) is 18.8 Å². The molecule has 1 unspecified atom stereocenters. The number of carbonyl (C=O) groups excluding carboxylic acids is 1. The zero-order valence-corrected chi connectivity index (χ0v) is 10.2. The van der Waals surface area contributed by atoms with E-state index in [4.69, 9.17) is 5.11 Å². The van der Waals surface area contributed by atoms with Crippen LogP contribution in [0.2, 0.25) is 0 Å². The van der Waals surface area contributed by atoms with E-state index in [1.807, 2.05) is 0 Å². The van der Waals surface area contributed by atoms with Crippen LogP contribution in [0.25, 0.3) is 0 Å². The largest absolute Gasteiger partial charge is 0.479 e. The molecule has 1 heterocycles. The average molecular weight is 253 g/mol. The zero-order chi connectivity index (χ0) is 13.7. The monoisotopic (exact) mass is 253 g/mol. The molecular formula is C11H15N3O4. The Labute approximate surface area is 104 Å². The lowest BCUT2D eigenvalue weighted by molar-refractivity contribution is -0.139. The Bertz CT molecular complexity index is 467. The van der Waals surface area contributed by atoms with Crippen LogP contribution in [0.3, 0.4) is 0 Å². The molecule has 0 spiro atoms. The molecule has 0 aliphatic heterocycles. The number of nitrogens with zero attached hydrogens (tertiary/aromatic N) is 2. The highest BCUT2D eigenvalue weighted by Gasteiger charge is 2.26. The van der Waals surface area contributed by atoms with Gasteiger partial charge in [0.1, 0.15) is 6.61 Å². The molecule has 7 heteroatoms. The summed E-state index contributed by atoms with van der Waals surface area (Å²) < 4.78 is 6.16. The summed E-state index contributed by atoms with van der Waals surface area (Å²) >= 11 is 0. The maximum absolute atomic E-state index is 11.3. The maximum atomic E-state index is 11.3. The number of carboxylic acid groups (broad SMARTS) is 1. The number of alkyl carbamates (subject to hydrolysis) is 1. The van der Waals surface area contributed by atoms with E-state index in [1.54, 1.807) is 20.2 Å². The van der Waals surface area contributed by atoms with Crippen molar-refractivity contribution < 1.29 is 19.4 Å². The second kappa shape index (κ2) is 5.85. The molecule has 1 amide bonds. The van der Waals surface area contributed by atoms with Crippen LogP contribution in [0.4, 0.5) is 4.79 Å². The maximum Gasteiger partial charge on any atom is 0.408 e. The topological polar surface area (TPSA) is 93.5 Å². The molecule has 7 nitrogen and oxygen atoms in total. The fourth-order valence-electron chi connectivity index (χ4n) is 1.47. The van der Waals surface area contributed by atoms with E-state index in [9.17, 15) is 9.59 Å². The van der Waals surface area contributed by atoms with Crippen LogP contribution < -0.4 is 5.32 Å². The van der Waals surface area contributed by atoms with E-state index >= 15 is 0 Å². The van der Waals surface area contributed by atoms with Gasteiger partial charge in [-0.25, -0.2) is 9.59 Å². The summed E-state index contributed by atoms with van der Waals surface area (Å²) in [6, 6.07) is -1.18. The van der Waals surface area contributed by atoms with Gasteiger partial charge in [0.05, 0.1) is 5.69 Å². The van der Waals surface area contributed by atoms with E-state index in [-0.39, 0.29) is 6.61 Å². The zero-order valence-electron chi connectivity index (χ0n) is 10.2. The summed E-state index contributed by atoms with van der Waals surface area (Å²) in [5, 5.41) is 15.4. The highest BCUT2D eigenvalue weighted by Crippen LogP contribution is 2.16. The van der Waals surface area contributed by atoms with E-state index in [0.717, 1.165) is 0 Å². The molecule has 0 aromatic carbocycles. The minimum absolute atomic E-state index is 0.0180. The van der Waals surface area contributed by atoms with E-state index in [0.29, 0.717) is 11.3 Å². The molecule has 0 bridgehead atoms. The lowest BCUT2D eigenvalue weighted by Crippen LogP contribution is -2.34. The summed E-state index contributed by atoms with van der Waals surface area (Å²) in [4.78, 5) is 22.5. The Kier molecular flexibility index (Phi) is 4.47. The third kappa shape index (κ3) is 3.34. The van der Waals surface area contributed by atoms with Gasteiger partial charge in [-0.2, -0.15) is 5.10 Å². The van der Waals surface area contributed by atoms with Gasteiger partial charge in [-0.1, -0.05) is 12.7 Å². The summed E-state index contributed by atoms with van der Waals surface area (Å²) in [6.07, 6.45) is 2.12. The summed E-state index contributed by atoms with van der Waals surface area (Å²) in [7, 11) is 1.67. The Hall–Kier alpha value is -2.31. The lowest BCUT2D eigenvalue weighted by atomic mass is 10.1.